The molecule has 0 saturated heterocycles. The predicted octanol–water partition coefficient (Wildman–Crippen LogP) is 4.28. The number of allylic oxidation sites excluding steroid dienone is 1. The molecule has 0 aliphatic heterocycles. The van der Waals surface area contributed by atoms with E-state index >= 15 is 0 Å². The number of hydrogen-bond acceptors (Lipinski definition) is 2. The van der Waals surface area contributed by atoms with E-state index in [0.29, 0.717) is 6.42 Å². The molecule has 1 N–H and O–H groups in total. The zero-order valence-corrected chi connectivity index (χ0v) is 13.7. The fourth-order valence-corrected chi connectivity index (χ4v) is 2.75. The summed E-state index contributed by atoms with van der Waals surface area (Å²) in [6.45, 7) is 18.6. The Hall–Kier alpha value is -0.383. The van der Waals surface area contributed by atoms with E-state index in [4.69, 9.17) is 4.43 Å². The molecule has 0 amide bonds. The van der Waals surface area contributed by atoms with Crippen LogP contribution in [-0.4, -0.2) is 25.6 Å². The maximum Gasteiger partial charge on any atom is 0.192 e. The van der Waals surface area contributed by atoms with E-state index in [9.17, 15) is 5.11 Å². The van der Waals surface area contributed by atoms with Crippen LogP contribution in [0.2, 0.25) is 18.1 Å². The zero-order chi connectivity index (χ0) is 14.4. The molecule has 106 valence electrons. The van der Waals surface area contributed by atoms with Gasteiger partial charge in [-0.25, -0.2) is 0 Å². The van der Waals surface area contributed by atoms with Crippen molar-refractivity contribution >= 4 is 8.32 Å². The highest BCUT2D eigenvalue weighted by Crippen LogP contribution is 2.37. The van der Waals surface area contributed by atoms with Gasteiger partial charge in [0, 0.05) is 6.42 Å². The molecular formula is C15H30O2Si. The lowest BCUT2D eigenvalue weighted by atomic mass is 10.1. The summed E-state index contributed by atoms with van der Waals surface area (Å²) in [6, 6.07) is 0. The minimum atomic E-state index is -1.79. The Bertz CT molecular complexity index is 266. The van der Waals surface area contributed by atoms with E-state index in [1.54, 1.807) is 0 Å². The van der Waals surface area contributed by atoms with Gasteiger partial charge in [0.25, 0.3) is 0 Å². The Balaban J connectivity index is 4.43. The third kappa shape index (κ3) is 5.98. The third-order valence-corrected chi connectivity index (χ3v) is 8.23. The molecule has 0 radical (unpaired) electrons. The Morgan fingerprint density at radius 3 is 2.22 bits per heavy atom. The molecule has 3 heteroatoms. The summed E-state index contributed by atoms with van der Waals surface area (Å²) < 4.78 is 6.24. The van der Waals surface area contributed by atoms with Gasteiger partial charge in [0.15, 0.2) is 8.32 Å². The van der Waals surface area contributed by atoms with Crippen LogP contribution < -0.4 is 0 Å². The molecule has 18 heavy (non-hydrogen) atoms. The topological polar surface area (TPSA) is 29.5 Å². The minimum Gasteiger partial charge on any atom is -0.410 e. The van der Waals surface area contributed by atoms with Crippen LogP contribution in [0.15, 0.2) is 25.3 Å². The van der Waals surface area contributed by atoms with Crippen LogP contribution in [0.4, 0.5) is 0 Å². The van der Waals surface area contributed by atoms with Gasteiger partial charge in [0.1, 0.15) is 0 Å². The zero-order valence-electron chi connectivity index (χ0n) is 12.7. The third-order valence-electron chi connectivity index (χ3n) is 3.72. The van der Waals surface area contributed by atoms with Crippen LogP contribution in [0.5, 0.6) is 0 Å². The average molecular weight is 270 g/mol. The van der Waals surface area contributed by atoms with Crippen LogP contribution in [0.1, 0.15) is 40.0 Å². The molecule has 0 heterocycles. The fourth-order valence-electron chi connectivity index (χ4n) is 1.44. The SMILES string of the molecule is C=CCCC(O)C[C@@H](C=C)O[Si](C)(C)C(C)(C)C. The highest BCUT2D eigenvalue weighted by Gasteiger charge is 2.38. The van der Waals surface area contributed by atoms with Crippen molar-refractivity contribution in [2.24, 2.45) is 0 Å². The number of aliphatic hydroxyl groups excluding tert-OH is 1. The summed E-state index contributed by atoms with van der Waals surface area (Å²) in [4.78, 5) is 0. The molecule has 0 bridgehead atoms. The monoisotopic (exact) mass is 270 g/mol. The molecule has 1 unspecified atom stereocenters. The molecular weight excluding hydrogens is 240 g/mol. The van der Waals surface area contributed by atoms with Gasteiger partial charge in [-0.2, -0.15) is 0 Å². The van der Waals surface area contributed by atoms with E-state index in [0.717, 1.165) is 12.8 Å². The number of aliphatic hydroxyl groups is 1. The Labute approximate surface area is 114 Å². The van der Waals surface area contributed by atoms with E-state index in [2.05, 4.69) is 47.0 Å². The lowest BCUT2D eigenvalue weighted by molar-refractivity contribution is 0.102. The number of hydrogen-bond donors (Lipinski definition) is 1. The first-order valence-electron chi connectivity index (χ1n) is 6.73. The summed E-state index contributed by atoms with van der Waals surface area (Å²) in [7, 11) is -1.79. The second kappa shape index (κ2) is 7.27. The lowest BCUT2D eigenvalue weighted by Crippen LogP contribution is -2.44. The molecule has 2 nitrogen and oxygen atoms in total. The van der Waals surface area contributed by atoms with Crippen LogP contribution in [0, 0.1) is 0 Å². The standard InChI is InChI=1S/C15H30O2Si/c1-8-10-11-13(16)12-14(9-2)17-18(6,7)15(3,4)5/h8-9,13-14,16H,1-2,10-12H2,3-7H3/t13?,14-/m1/s1. The molecule has 0 aromatic carbocycles. The van der Waals surface area contributed by atoms with Crippen molar-refractivity contribution in [1.82, 2.24) is 0 Å². The van der Waals surface area contributed by atoms with Gasteiger partial charge >= 0.3 is 0 Å². The Morgan fingerprint density at radius 2 is 1.83 bits per heavy atom. The summed E-state index contributed by atoms with van der Waals surface area (Å²) in [6.07, 6.45) is 5.48. The first-order chi connectivity index (χ1) is 8.14. The molecule has 0 aliphatic rings. The van der Waals surface area contributed by atoms with Gasteiger partial charge in [-0.3, -0.25) is 0 Å². The number of rotatable bonds is 8. The molecule has 0 rings (SSSR count). The first kappa shape index (κ1) is 17.6. The molecule has 0 spiro atoms. The summed E-state index contributed by atoms with van der Waals surface area (Å²) in [5.41, 5.74) is 0. The summed E-state index contributed by atoms with van der Waals surface area (Å²) in [5, 5.41) is 10.1. The van der Waals surface area contributed by atoms with Crippen molar-refractivity contribution in [1.29, 1.82) is 0 Å². The van der Waals surface area contributed by atoms with E-state index in [1.807, 2.05) is 12.2 Å². The summed E-state index contributed by atoms with van der Waals surface area (Å²) in [5.74, 6) is 0. The first-order valence-corrected chi connectivity index (χ1v) is 9.64. The molecule has 2 atom stereocenters. The van der Waals surface area contributed by atoms with Gasteiger partial charge < -0.3 is 9.53 Å². The van der Waals surface area contributed by atoms with Crippen molar-refractivity contribution < 1.29 is 9.53 Å². The van der Waals surface area contributed by atoms with Crippen molar-refractivity contribution in [3.8, 4) is 0 Å². The van der Waals surface area contributed by atoms with Crippen LogP contribution in [0.25, 0.3) is 0 Å². The van der Waals surface area contributed by atoms with Crippen LogP contribution in [-0.2, 0) is 4.43 Å². The van der Waals surface area contributed by atoms with Crippen molar-refractivity contribution in [2.45, 2.75) is 70.4 Å². The van der Waals surface area contributed by atoms with Gasteiger partial charge in [-0.05, 0) is 31.0 Å². The van der Waals surface area contributed by atoms with Crippen LogP contribution in [0.3, 0.4) is 0 Å². The second-order valence-electron chi connectivity index (χ2n) is 6.41. The maximum atomic E-state index is 9.92. The summed E-state index contributed by atoms with van der Waals surface area (Å²) >= 11 is 0. The van der Waals surface area contributed by atoms with Gasteiger partial charge in [0.2, 0.25) is 0 Å². The largest absolute Gasteiger partial charge is 0.410 e. The second-order valence-corrected chi connectivity index (χ2v) is 11.2. The Morgan fingerprint density at radius 1 is 1.28 bits per heavy atom. The molecule has 0 aromatic heterocycles. The smallest absolute Gasteiger partial charge is 0.192 e. The van der Waals surface area contributed by atoms with Crippen molar-refractivity contribution in [3.63, 3.8) is 0 Å². The van der Waals surface area contributed by atoms with E-state index < -0.39 is 8.32 Å². The van der Waals surface area contributed by atoms with E-state index in [1.165, 1.54) is 0 Å². The Kier molecular flexibility index (Phi) is 7.11. The van der Waals surface area contributed by atoms with Crippen molar-refractivity contribution in [3.05, 3.63) is 25.3 Å². The predicted molar refractivity (Wildman–Crippen MR) is 82.3 cm³/mol. The van der Waals surface area contributed by atoms with Gasteiger partial charge in [0.05, 0.1) is 12.2 Å². The van der Waals surface area contributed by atoms with Gasteiger partial charge in [-0.1, -0.05) is 32.9 Å². The normalized spacial score (nSPS) is 16.1. The fraction of sp³-hybridized carbons (Fsp3) is 0.733. The molecule has 0 saturated carbocycles. The molecule has 0 aliphatic carbocycles. The maximum absolute atomic E-state index is 9.92. The average Bonchev–Trinajstić information content (AvgIpc) is 2.23. The highest BCUT2D eigenvalue weighted by molar-refractivity contribution is 6.74. The van der Waals surface area contributed by atoms with Crippen molar-refractivity contribution in [2.75, 3.05) is 0 Å². The molecule has 0 fully saturated rings. The molecule has 0 aromatic rings. The highest BCUT2D eigenvalue weighted by atomic mass is 28.4. The van der Waals surface area contributed by atoms with Crippen LogP contribution >= 0.6 is 0 Å². The lowest BCUT2D eigenvalue weighted by Gasteiger charge is -2.39. The minimum absolute atomic E-state index is 0.0503. The quantitative estimate of drug-likeness (QED) is 0.527. The van der Waals surface area contributed by atoms with Gasteiger partial charge in [-0.15, -0.1) is 13.2 Å². The van der Waals surface area contributed by atoms with E-state index in [-0.39, 0.29) is 17.2 Å².